The van der Waals surface area contributed by atoms with Crippen LogP contribution in [0.15, 0.2) is 91.0 Å². The molecule has 1 aliphatic rings. The molecule has 4 nitrogen and oxygen atoms in total. The minimum Gasteiger partial charge on any atom is -0.434 e. The van der Waals surface area contributed by atoms with E-state index in [9.17, 15) is 4.79 Å². The highest BCUT2D eigenvalue weighted by atomic mass is 16.6. The highest BCUT2D eigenvalue weighted by Crippen LogP contribution is 2.20. The Hall–Kier alpha value is -3.11. The number of benzene rings is 3. The maximum absolute atomic E-state index is 12.1. The first-order chi connectivity index (χ1) is 13.3. The van der Waals surface area contributed by atoms with E-state index < -0.39 is 0 Å². The highest BCUT2D eigenvalue weighted by Gasteiger charge is 2.40. The number of anilines is 1. The monoisotopic (exact) mass is 359 g/mol. The van der Waals surface area contributed by atoms with Crippen molar-refractivity contribution < 1.29 is 14.4 Å². The molecule has 4 rings (SSSR count). The van der Waals surface area contributed by atoms with Crippen molar-refractivity contribution >= 4 is 11.8 Å². The number of para-hydroxylation sites is 1. The molecule has 4 heteroatoms. The molecule has 0 bridgehead atoms. The lowest BCUT2D eigenvalue weighted by atomic mass is 9.94. The van der Waals surface area contributed by atoms with Crippen LogP contribution in [0.1, 0.15) is 17.2 Å². The van der Waals surface area contributed by atoms with E-state index in [0.717, 1.165) is 18.8 Å². The predicted molar refractivity (Wildman–Crippen MR) is 106 cm³/mol. The Morgan fingerprint density at radius 1 is 0.815 bits per heavy atom. The average Bonchev–Trinajstić information content (AvgIpc) is 2.69. The molecule has 0 saturated carbocycles. The molecule has 1 aliphatic heterocycles. The minimum atomic E-state index is -0.388. The summed E-state index contributed by atoms with van der Waals surface area (Å²) < 4.78 is 5.57. The molecule has 0 unspecified atom stereocenters. The molecular weight excluding hydrogens is 336 g/mol. The lowest BCUT2D eigenvalue weighted by molar-refractivity contribution is -0.971. The third kappa shape index (κ3) is 4.18. The molecule has 1 saturated heterocycles. The first-order valence-electron chi connectivity index (χ1n) is 9.27. The van der Waals surface area contributed by atoms with Crippen molar-refractivity contribution in [3.8, 4) is 0 Å². The van der Waals surface area contributed by atoms with Crippen molar-refractivity contribution in [2.75, 3.05) is 18.4 Å². The third-order valence-electron chi connectivity index (χ3n) is 4.95. The molecule has 1 amide bonds. The largest absolute Gasteiger partial charge is 0.434 e. The molecule has 3 aromatic rings. The zero-order valence-corrected chi connectivity index (χ0v) is 15.0. The number of quaternary nitrogens is 1. The highest BCUT2D eigenvalue weighted by molar-refractivity contribution is 5.84. The van der Waals surface area contributed by atoms with Crippen LogP contribution < -0.4 is 10.2 Å². The van der Waals surface area contributed by atoms with E-state index in [2.05, 4.69) is 53.8 Å². The van der Waals surface area contributed by atoms with Gasteiger partial charge >= 0.3 is 6.09 Å². The van der Waals surface area contributed by atoms with Gasteiger partial charge < -0.3 is 9.64 Å². The SMILES string of the molecule is O=C(Nc1ccccc1)OC1C[NH+](C(c2ccccc2)c2ccccc2)C1. The summed E-state index contributed by atoms with van der Waals surface area (Å²) in [7, 11) is 0. The normalized spacial score (nSPS) is 18.6. The zero-order chi connectivity index (χ0) is 18.5. The summed E-state index contributed by atoms with van der Waals surface area (Å²) in [5.74, 6) is 0. The van der Waals surface area contributed by atoms with Gasteiger partial charge in [0.05, 0.1) is 0 Å². The van der Waals surface area contributed by atoms with Crippen molar-refractivity contribution in [2.45, 2.75) is 12.1 Å². The van der Waals surface area contributed by atoms with Gasteiger partial charge in [-0.1, -0.05) is 78.9 Å². The molecular formula is C23H23N2O2+. The second-order valence-corrected chi connectivity index (χ2v) is 6.84. The molecule has 2 N–H and O–H groups in total. The smallest absolute Gasteiger partial charge is 0.412 e. The first-order valence-corrected chi connectivity index (χ1v) is 9.27. The van der Waals surface area contributed by atoms with Crippen LogP contribution in [0.25, 0.3) is 0 Å². The molecule has 1 heterocycles. The Morgan fingerprint density at radius 3 is 1.81 bits per heavy atom. The number of rotatable bonds is 5. The minimum absolute atomic E-state index is 0.0568. The Labute approximate surface area is 159 Å². The number of nitrogens with one attached hydrogen (secondary N) is 2. The van der Waals surface area contributed by atoms with Gasteiger partial charge in [-0.2, -0.15) is 0 Å². The van der Waals surface area contributed by atoms with Crippen LogP contribution in [0.3, 0.4) is 0 Å². The summed E-state index contributed by atoms with van der Waals surface area (Å²) in [6, 6.07) is 30.7. The van der Waals surface area contributed by atoms with Gasteiger partial charge in [-0.3, -0.25) is 5.32 Å². The van der Waals surface area contributed by atoms with Crippen molar-refractivity contribution in [3.05, 3.63) is 102 Å². The topological polar surface area (TPSA) is 42.8 Å². The number of amides is 1. The number of carbonyl (C=O) groups is 1. The maximum atomic E-state index is 12.1. The van der Waals surface area contributed by atoms with Crippen LogP contribution in [0.4, 0.5) is 10.5 Å². The zero-order valence-electron chi connectivity index (χ0n) is 15.0. The van der Waals surface area contributed by atoms with Gasteiger partial charge in [0.25, 0.3) is 0 Å². The Balaban J connectivity index is 1.39. The quantitative estimate of drug-likeness (QED) is 0.734. The molecule has 0 aromatic heterocycles. The fourth-order valence-electron chi connectivity index (χ4n) is 3.62. The van der Waals surface area contributed by atoms with Crippen molar-refractivity contribution in [2.24, 2.45) is 0 Å². The number of ether oxygens (including phenoxy) is 1. The van der Waals surface area contributed by atoms with Crippen molar-refractivity contribution in [1.82, 2.24) is 0 Å². The molecule has 0 radical (unpaired) electrons. The molecule has 0 spiro atoms. The predicted octanol–water partition coefficient (Wildman–Crippen LogP) is 3.29. The summed E-state index contributed by atoms with van der Waals surface area (Å²) in [4.78, 5) is 13.5. The van der Waals surface area contributed by atoms with Gasteiger partial charge in [-0.15, -0.1) is 0 Å². The number of hydrogen-bond donors (Lipinski definition) is 2. The number of hydrogen-bond acceptors (Lipinski definition) is 2. The second-order valence-electron chi connectivity index (χ2n) is 6.84. The van der Waals surface area contributed by atoms with E-state index in [1.807, 2.05) is 42.5 Å². The van der Waals surface area contributed by atoms with E-state index >= 15 is 0 Å². The molecule has 136 valence electrons. The fraction of sp³-hybridized carbons (Fsp3) is 0.174. The number of likely N-dealkylation sites (tertiary alicyclic amines) is 1. The van der Waals surface area contributed by atoms with Crippen LogP contribution in [0.2, 0.25) is 0 Å². The van der Waals surface area contributed by atoms with Crippen LogP contribution >= 0.6 is 0 Å². The first kappa shape index (κ1) is 17.3. The van der Waals surface area contributed by atoms with E-state index in [1.54, 1.807) is 0 Å². The van der Waals surface area contributed by atoms with Crippen LogP contribution in [0.5, 0.6) is 0 Å². The molecule has 3 aromatic carbocycles. The van der Waals surface area contributed by atoms with E-state index in [0.29, 0.717) is 0 Å². The summed E-state index contributed by atoms with van der Waals surface area (Å²) in [6.07, 6.45) is -0.445. The van der Waals surface area contributed by atoms with E-state index in [-0.39, 0.29) is 18.2 Å². The third-order valence-corrected chi connectivity index (χ3v) is 4.95. The van der Waals surface area contributed by atoms with Crippen LogP contribution in [-0.2, 0) is 4.74 Å². The second kappa shape index (κ2) is 8.06. The van der Waals surface area contributed by atoms with Gasteiger partial charge in [0.1, 0.15) is 19.1 Å². The maximum Gasteiger partial charge on any atom is 0.412 e. The van der Waals surface area contributed by atoms with E-state index in [4.69, 9.17) is 4.74 Å². The van der Waals surface area contributed by atoms with Gasteiger partial charge in [0, 0.05) is 16.8 Å². The average molecular weight is 359 g/mol. The summed E-state index contributed by atoms with van der Waals surface area (Å²) in [5.41, 5.74) is 3.31. The van der Waals surface area contributed by atoms with Gasteiger partial charge in [-0.25, -0.2) is 4.79 Å². The summed E-state index contributed by atoms with van der Waals surface area (Å²) >= 11 is 0. The molecule has 1 fully saturated rings. The van der Waals surface area contributed by atoms with Crippen LogP contribution in [0, 0.1) is 0 Å². The molecule has 0 atom stereocenters. The lowest BCUT2D eigenvalue weighted by Crippen LogP contribution is -3.21. The van der Waals surface area contributed by atoms with Crippen molar-refractivity contribution in [3.63, 3.8) is 0 Å². The van der Waals surface area contributed by atoms with Crippen molar-refractivity contribution in [1.29, 1.82) is 0 Å². The molecule has 27 heavy (non-hydrogen) atoms. The summed E-state index contributed by atoms with van der Waals surface area (Å²) in [6.45, 7) is 1.60. The van der Waals surface area contributed by atoms with Crippen LogP contribution in [-0.4, -0.2) is 25.3 Å². The van der Waals surface area contributed by atoms with Gasteiger partial charge in [-0.05, 0) is 12.1 Å². The standard InChI is InChI=1S/C23H22N2O2/c26-23(24-20-14-8-3-9-15-20)27-21-16-25(17-21)22(18-10-4-1-5-11-18)19-12-6-2-7-13-19/h1-15,21-22H,16-17H2,(H,24,26)/p+1. The van der Waals surface area contributed by atoms with E-state index in [1.165, 1.54) is 16.0 Å². The van der Waals surface area contributed by atoms with Gasteiger partial charge in [0.15, 0.2) is 0 Å². The summed E-state index contributed by atoms with van der Waals surface area (Å²) in [5, 5.41) is 2.78. The Morgan fingerprint density at radius 2 is 1.30 bits per heavy atom. The Kier molecular flexibility index (Phi) is 5.17. The molecule has 0 aliphatic carbocycles. The lowest BCUT2D eigenvalue weighted by Gasteiger charge is -2.40. The van der Waals surface area contributed by atoms with Gasteiger partial charge in [0.2, 0.25) is 6.10 Å². The Bertz CT molecular complexity index is 823. The number of carbonyl (C=O) groups excluding carboxylic acids is 1. The fourth-order valence-corrected chi connectivity index (χ4v) is 3.62.